The maximum absolute atomic E-state index is 12.1. The van der Waals surface area contributed by atoms with Gasteiger partial charge in [0.1, 0.15) is 0 Å². The fourth-order valence-electron chi connectivity index (χ4n) is 1.61. The van der Waals surface area contributed by atoms with Crippen molar-refractivity contribution >= 4 is 17.6 Å². The van der Waals surface area contributed by atoms with Gasteiger partial charge in [0.05, 0.1) is 11.0 Å². The molecule has 0 aliphatic carbocycles. The standard InChI is InChI=1S/C14H20N2O3/c1-4-14(3,8-15)13(19)16-10-6-5-9(2)11(7-10)12(17)18/h5-7H,4,8,15H2,1-3H3,(H,16,19)(H,17,18). The molecule has 0 fully saturated rings. The van der Waals surface area contributed by atoms with E-state index < -0.39 is 11.4 Å². The summed E-state index contributed by atoms with van der Waals surface area (Å²) in [7, 11) is 0. The number of carboxylic acids is 1. The van der Waals surface area contributed by atoms with Crippen LogP contribution in [0.4, 0.5) is 5.69 Å². The van der Waals surface area contributed by atoms with E-state index in [9.17, 15) is 9.59 Å². The van der Waals surface area contributed by atoms with E-state index >= 15 is 0 Å². The number of hydrogen-bond donors (Lipinski definition) is 3. The lowest BCUT2D eigenvalue weighted by Crippen LogP contribution is -2.39. The number of carboxylic acid groups (broad SMARTS) is 1. The van der Waals surface area contributed by atoms with Crippen LogP contribution in [0.25, 0.3) is 0 Å². The first kappa shape index (κ1) is 15.2. The van der Waals surface area contributed by atoms with Crippen molar-refractivity contribution in [2.75, 3.05) is 11.9 Å². The van der Waals surface area contributed by atoms with Crippen LogP contribution in [-0.4, -0.2) is 23.5 Å². The summed E-state index contributed by atoms with van der Waals surface area (Å²) in [6.07, 6.45) is 0.618. The predicted octanol–water partition coefficient (Wildman–Crippen LogP) is 2.01. The number of aromatic carboxylic acids is 1. The molecule has 19 heavy (non-hydrogen) atoms. The van der Waals surface area contributed by atoms with Crippen LogP contribution in [0.1, 0.15) is 36.2 Å². The fourth-order valence-corrected chi connectivity index (χ4v) is 1.61. The summed E-state index contributed by atoms with van der Waals surface area (Å²) in [6, 6.07) is 4.82. The van der Waals surface area contributed by atoms with Crippen molar-refractivity contribution in [1.82, 2.24) is 0 Å². The SMILES string of the molecule is CCC(C)(CN)C(=O)Nc1ccc(C)c(C(=O)O)c1. The number of nitrogens with one attached hydrogen (secondary N) is 1. The van der Waals surface area contributed by atoms with Crippen LogP contribution < -0.4 is 11.1 Å². The van der Waals surface area contributed by atoms with Crippen molar-refractivity contribution in [3.8, 4) is 0 Å². The summed E-state index contributed by atoms with van der Waals surface area (Å²) in [6.45, 7) is 5.64. The first-order valence-corrected chi connectivity index (χ1v) is 6.19. The Morgan fingerprint density at radius 2 is 2.05 bits per heavy atom. The molecule has 0 aromatic heterocycles. The first-order valence-electron chi connectivity index (χ1n) is 6.19. The number of anilines is 1. The zero-order chi connectivity index (χ0) is 14.6. The van der Waals surface area contributed by atoms with Gasteiger partial charge in [-0.15, -0.1) is 0 Å². The molecule has 1 aromatic rings. The van der Waals surface area contributed by atoms with Crippen molar-refractivity contribution in [2.24, 2.45) is 11.1 Å². The van der Waals surface area contributed by atoms with Gasteiger partial charge in [-0.05, 0) is 38.0 Å². The lowest BCUT2D eigenvalue weighted by molar-refractivity contribution is -0.124. The molecule has 0 saturated heterocycles. The van der Waals surface area contributed by atoms with Crippen molar-refractivity contribution in [1.29, 1.82) is 0 Å². The number of nitrogens with two attached hydrogens (primary N) is 1. The molecule has 0 spiro atoms. The van der Waals surface area contributed by atoms with Gasteiger partial charge in [0.2, 0.25) is 5.91 Å². The lowest BCUT2D eigenvalue weighted by atomic mass is 9.86. The zero-order valence-corrected chi connectivity index (χ0v) is 11.5. The Balaban J connectivity index is 2.98. The fraction of sp³-hybridized carbons (Fsp3) is 0.429. The van der Waals surface area contributed by atoms with Crippen molar-refractivity contribution in [3.05, 3.63) is 29.3 Å². The molecule has 0 aliphatic heterocycles. The summed E-state index contributed by atoms with van der Waals surface area (Å²) in [5.74, 6) is -1.21. The van der Waals surface area contributed by atoms with Crippen LogP contribution in [0.3, 0.4) is 0 Å². The maximum atomic E-state index is 12.1. The molecular weight excluding hydrogens is 244 g/mol. The third-order valence-electron chi connectivity index (χ3n) is 3.50. The Labute approximate surface area is 112 Å². The van der Waals surface area contributed by atoms with Gasteiger partial charge < -0.3 is 16.2 Å². The minimum Gasteiger partial charge on any atom is -0.478 e. The number of aryl methyl sites for hydroxylation is 1. The highest BCUT2D eigenvalue weighted by Gasteiger charge is 2.29. The monoisotopic (exact) mass is 264 g/mol. The minimum atomic E-state index is -1.01. The highest BCUT2D eigenvalue weighted by atomic mass is 16.4. The van der Waals surface area contributed by atoms with Crippen molar-refractivity contribution < 1.29 is 14.7 Å². The molecular formula is C14H20N2O3. The molecule has 1 aromatic carbocycles. The largest absolute Gasteiger partial charge is 0.478 e. The van der Waals surface area contributed by atoms with Crippen molar-refractivity contribution in [2.45, 2.75) is 27.2 Å². The van der Waals surface area contributed by atoms with E-state index in [2.05, 4.69) is 5.32 Å². The molecule has 1 rings (SSSR count). The smallest absolute Gasteiger partial charge is 0.336 e. The van der Waals surface area contributed by atoms with Crippen LogP contribution in [-0.2, 0) is 4.79 Å². The number of amides is 1. The summed E-state index contributed by atoms with van der Waals surface area (Å²) < 4.78 is 0. The molecule has 1 unspecified atom stereocenters. The number of carbonyl (C=O) groups is 2. The highest BCUT2D eigenvalue weighted by Crippen LogP contribution is 2.23. The molecule has 5 nitrogen and oxygen atoms in total. The van der Waals surface area contributed by atoms with Gasteiger partial charge in [-0.25, -0.2) is 4.79 Å². The number of carbonyl (C=O) groups excluding carboxylic acids is 1. The average Bonchev–Trinajstić information content (AvgIpc) is 2.39. The topological polar surface area (TPSA) is 92.4 Å². The van der Waals surface area contributed by atoms with Crippen LogP contribution in [0.2, 0.25) is 0 Å². The Kier molecular flexibility index (Phi) is 4.67. The van der Waals surface area contributed by atoms with E-state index in [1.165, 1.54) is 6.07 Å². The normalized spacial score (nSPS) is 13.7. The minimum absolute atomic E-state index is 0.184. The average molecular weight is 264 g/mol. The Morgan fingerprint density at radius 3 is 2.53 bits per heavy atom. The van der Waals surface area contributed by atoms with Crippen LogP contribution in [0.5, 0.6) is 0 Å². The van der Waals surface area contributed by atoms with Crippen LogP contribution in [0, 0.1) is 12.3 Å². The van der Waals surface area contributed by atoms with E-state index in [1.54, 1.807) is 26.0 Å². The molecule has 0 radical (unpaired) electrons. The van der Waals surface area contributed by atoms with Crippen LogP contribution in [0.15, 0.2) is 18.2 Å². The molecule has 0 saturated carbocycles. The molecule has 4 N–H and O–H groups in total. The number of hydrogen-bond acceptors (Lipinski definition) is 3. The summed E-state index contributed by atoms with van der Waals surface area (Å²) in [5, 5.41) is 11.8. The number of benzene rings is 1. The molecule has 104 valence electrons. The number of rotatable bonds is 5. The van der Waals surface area contributed by atoms with Gasteiger partial charge in [0.25, 0.3) is 0 Å². The van der Waals surface area contributed by atoms with Crippen LogP contribution >= 0.6 is 0 Å². The van der Waals surface area contributed by atoms with E-state index in [0.29, 0.717) is 17.7 Å². The molecule has 5 heteroatoms. The van der Waals surface area contributed by atoms with E-state index in [0.717, 1.165) is 0 Å². The van der Waals surface area contributed by atoms with Gasteiger partial charge in [0.15, 0.2) is 0 Å². The summed E-state index contributed by atoms with van der Waals surface area (Å²) >= 11 is 0. The third-order valence-corrected chi connectivity index (χ3v) is 3.50. The quantitative estimate of drug-likeness (QED) is 0.758. The van der Waals surface area contributed by atoms with E-state index in [4.69, 9.17) is 10.8 Å². The zero-order valence-electron chi connectivity index (χ0n) is 11.5. The highest BCUT2D eigenvalue weighted by molar-refractivity contribution is 5.97. The van der Waals surface area contributed by atoms with Gasteiger partial charge in [0, 0.05) is 12.2 Å². The molecule has 0 heterocycles. The second kappa shape index (κ2) is 5.84. The van der Waals surface area contributed by atoms with Gasteiger partial charge in [-0.3, -0.25) is 4.79 Å². The van der Waals surface area contributed by atoms with E-state index in [-0.39, 0.29) is 18.0 Å². The lowest BCUT2D eigenvalue weighted by Gasteiger charge is -2.25. The molecule has 0 bridgehead atoms. The summed E-state index contributed by atoms with van der Waals surface area (Å²) in [5.41, 5.74) is 6.29. The first-order chi connectivity index (χ1) is 8.84. The predicted molar refractivity (Wildman–Crippen MR) is 74.2 cm³/mol. The second-order valence-electron chi connectivity index (χ2n) is 4.91. The Bertz CT molecular complexity index is 493. The third kappa shape index (κ3) is 3.32. The Hall–Kier alpha value is -1.88. The van der Waals surface area contributed by atoms with Crippen molar-refractivity contribution in [3.63, 3.8) is 0 Å². The second-order valence-corrected chi connectivity index (χ2v) is 4.91. The molecule has 0 aliphatic rings. The maximum Gasteiger partial charge on any atom is 0.336 e. The Morgan fingerprint density at radius 1 is 1.42 bits per heavy atom. The molecule has 1 amide bonds. The van der Waals surface area contributed by atoms with E-state index in [1.807, 2.05) is 6.92 Å². The van der Waals surface area contributed by atoms with Gasteiger partial charge in [-0.1, -0.05) is 13.0 Å². The van der Waals surface area contributed by atoms with Gasteiger partial charge in [-0.2, -0.15) is 0 Å². The van der Waals surface area contributed by atoms with Gasteiger partial charge >= 0.3 is 5.97 Å². The molecule has 1 atom stereocenters. The summed E-state index contributed by atoms with van der Waals surface area (Å²) in [4.78, 5) is 23.2.